The summed E-state index contributed by atoms with van der Waals surface area (Å²) in [6.45, 7) is 7.83. The number of hydrogen-bond donors (Lipinski definition) is 1. The smallest absolute Gasteiger partial charge is 0.233 e. The minimum atomic E-state index is -0.466. The van der Waals surface area contributed by atoms with E-state index in [1.165, 1.54) is 32.2 Å². The molecule has 0 spiro atoms. The number of unbranched alkanes of at least 4 members (excludes halogenated alkanes) is 3. The molecule has 0 saturated carbocycles. The molecule has 0 atom stereocenters. The average molecular weight is 354 g/mol. The zero-order valence-corrected chi connectivity index (χ0v) is 16.2. The maximum absolute atomic E-state index is 11.8. The second-order valence-corrected chi connectivity index (χ2v) is 6.56. The SMILES string of the molecule is CCCCCCNC(C)C.O=C(C(=O)c1ccccc1)c1ccccc1. The molecule has 0 radical (unpaired) electrons. The van der Waals surface area contributed by atoms with Crippen LogP contribution in [0.3, 0.4) is 0 Å². The Hall–Kier alpha value is -2.26. The molecule has 1 N–H and O–H groups in total. The minimum Gasteiger partial charge on any atom is -0.315 e. The van der Waals surface area contributed by atoms with Crippen LogP contribution in [-0.4, -0.2) is 24.2 Å². The third kappa shape index (κ3) is 8.72. The zero-order chi connectivity index (χ0) is 19.2. The lowest BCUT2D eigenvalue weighted by Gasteiger charge is -2.06. The molecule has 0 unspecified atom stereocenters. The Bertz CT molecular complexity index is 586. The fourth-order valence-electron chi connectivity index (χ4n) is 2.38. The molecule has 3 heteroatoms. The lowest BCUT2D eigenvalue weighted by atomic mass is 10.0. The van der Waals surface area contributed by atoms with Crippen molar-refractivity contribution in [2.24, 2.45) is 0 Å². The molecule has 2 aromatic carbocycles. The van der Waals surface area contributed by atoms with Gasteiger partial charge in [0.05, 0.1) is 0 Å². The van der Waals surface area contributed by atoms with Gasteiger partial charge in [-0.25, -0.2) is 0 Å². The summed E-state index contributed by atoms with van der Waals surface area (Å²) in [5.74, 6) is -0.932. The Kier molecular flexibility index (Phi) is 10.9. The van der Waals surface area contributed by atoms with Gasteiger partial charge in [0.25, 0.3) is 0 Å². The maximum Gasteiger partial charge on any atom is 0.233 e. The highest BCUT2D eigenvalue weighted by Crippen LogP contribution is 2.07. The van der Waals surface area contributed by atoms with Gasteiger partial charge in [-0.15, -0.1) is 0 Å². The molecule has 0 heterocycles. The molecule has 0 aliphatic rings. The average Bonchev–Trinajstić information content (AvgIpc) is 2.68. The van der Waals surface area contributed by atoms with Gasteiger partial charge in [0.15, 0.2) is 0 Å². The minimum absolute atomic E-state index is 0.427. The van der Waals surface area contributed by atoms with E-state index in [4.69, 9.17) is 0 Å². The summed E-state index contributed by atoms with van der Waals surface area (Å²) < 4.78 is 0. The van der Waals surface area contributed by atoms with Crippen LogP contribution in [0.1, 0.15) is 67.2 Å². The predicted octanol–water partition coefficient (Wildman–Crippen LogP) is 5.32. The molecule has 2 aromatic rings. The van der Waals surface area contributed by atoms with Gasteiger partial charge in [-0.1, -0.05) is 101 Å². The summed E-state index contributed by atoms with van der Waals surface area (Å²) in [5.41, 5.74) is 0.854. The van der Waals surface area contributed by atoms with E-state index in [1.807, 2.05) is 12.1 Å². The largest absolute Gasteiger partial charge is 0.315 e. The molecule has 0 aliphatic heterocycles. The first-order valence-electron chi connectivity index (χ1n) is 9.48. The number of Topliss-reactive ketones (excluding diaryl/α,β-unsaturated/α-hetero) is 2. The van der Waals surface area contributed by atoms with Crippen molar-refractivity contribution in [3.63, 3.8) is 0 Å². The Morgan fingerprint density at radius 1 is 0.769 bits per heavy atom. The lowest BCUT2D eigenvalue weighted by molar-refractivity contribution is 0.0817. The third-order valence-corrected chi connectivity index (χ3v) is 3.86. The Labute approximate surface area is 157 Å². The van der Waals surface area contributed by atoms with E-state index in [0.29, 0.717) is 17.2 Å². The first-order chi connectivity index (χ1) is 12.6. The number of benzene rings is 2. The molecule has 3 nitrogen and oxygen atoms in total. The highest BCUT2D eigenvalue weighted by Gasteiger charge is 2.16. The van der Waals surface area contributed by atoms with E-state index in [1.54, 1.807) is 48.5 Å². The fourth-order valence-corrected chi connectivity index (χ4v) is 2.38. The highest BCUT2D eigenvalue weighted by atomic mass is 16.2. The molecule has 0 fully saturated rings. The number of carbonyl (C=O) groups is 2. The second kappa shape index (κ2) is 13.0. The number of rotatable bonds is 9. The van der Waals surface area contributed by atoms with E-state index < -0.39 is 11.6 Å². The summed E-state index contributed by atoms with van der Waals surface area (Å²) >= 11 is 0. The molecule has 0 aromatic heterocycles. The van der Waals surface area contributed by atoms with E-state index >= 15 is 0 Å². The molecule has 0 amide bonds. The summed E-state index contributed by atoms with van der Waals surface area (Å²) in [6.07, 6.45) is 5.45. The van der Waals surface area contributed by atoms with Crippen LogP contribution in [0.5, 0.6) is 0 Å². The fraction of sp³-hybridized carbons (Fsp3) is 0.391. The molecule has 0 saturated heterocycles. The van der Waals surface area contributed by atoms with E-state index in [9.17, 15) is 9.59 Å². The van der Waals surface area contributed by atoms with Crippen molar-refractivity contribution < 1.29 is 9.59 Å². The Balaban J connectivity index is 0.000000294. The molecule has 0 bridgehead atoms. The highest BCUT2D eigenvalue weighted by molar-refractivity contribution is 6.49. The van der Waals surface area contributed by atoms with Gasteiger partial charge in [0.2, 0.25) is 11.6 Å². The van der Waals surface area contributed by atoms with Crippen molar-refractivity contribution in [3.8, 4) is 0 Å². The number of hydrogen-bond acceptors (Lipinski definition) is 3. The summed E-state index contributed by atoms with van der Waals surface area (Å²) in [4.78, 5) is 23.6. The van der Waals surface area contributed by atoms with E-state index in [-0.39, 0.29) is 0 Å². The second-order valence-electron chi connectivity index (χ2n) is 6.56. The summed E-state index contributed by atoms with van der Waals surface area (Å²) in [7, 11) is 0. The van der Waals surface area contributed by atoms with Crippen molar-refractivity contribution >= 4 is 11.6 Å². The molecule has 0 aliphatic carbocycles. The molecular weight excluding hydrogens is 322 g/mol. The first-order valence-corrected chi connectivity index (χ1v) is 9.48. The van der Waals surface area contributed by atoms with Crippen molar-refractivity contribution in [1.82, 2.24) is 5.32 Å². The van der Waals surface area contributed by atoms with Gasteiger partial charge in [-0.2, -0.15) is 0 Å². The lowest BCUT2D eigenvalue weighted by Crippen LogP contribution is -2.23. The molecule has 140 valence electrons. The normalized spacial score (nSPS) is 10.2. The Morgan fingerprint density at radius 2 is 1.23 bits per heavy atom. The van der Waals surface area contributed by atoms with Gasteiger partial charge in [0, 0.05) is 17.2 Å². The van der Waals surface area contributed by atoms with Crippen LogP contribution < -0.4 is 5.32 Å². The van der Waals surface area contributed by atoms with Crippen LogP contribution in [0, 0.1) is 0 Å². The van der Waals surface area contributed by atoms with Crippen molar-refractivity contribution in [2.45, 2.75) is 52.5 Å². The van der Waals surface area contributed by atoms with Crippen LogP contribution in [0.25, 0.3) is 0 Å². The number of ketones is 2. The van der Waals surface area contributed by atoms with Gasteiger partial charge in [-0.3, -0.25) is 9.59 Å². The molecule has 26 heavy (non-hydrogen) atoms. The van der Waals surface area contributed by atoms with Gasteiger partial charge in [0.1, 0.15) is 0 Å². The standard InChI is InChI=1S/C14H10O2.C9H21N/c15-13(11-7-3-1-4-8-11)14(16)12-9-5-2-6-10-12;1-4-5-6-7-8-10-9(2)3/h1-10H;9-10H,4-8H2,1-3H3. The number of carbonyl (C=O) groups excluding carboxylic acids is 2. The van der Waals surface area contributed by atoms with Crippen LogP contribution in [0.4, 0.5) is 0 Å². The van der Waals surface area contributed by atoms with Crippen molar-refractivity contribution in [3.05, 3.63) is 71.8 Å². The summed E-state index contributed by atoms with van der Waals surface area (Å²) in [6, 6.07) is 17.8. The zero-order valence-electron chi connectivity index (χ0n) is 16.2. The quantitative estimate of drug-likeness (QED) is 0.377. The van der Waals surface area contributed by atoms with Crippen LogP contribution >= 0.6 is 0 Å². The van der Waals surface area contributed by atoms with Gasteiger partial charge < -0.3 is 5.32 Å². The van der Waals surface area contributed by atoms with Gasteiger partial charge in [-0.05, 0) is 13.0 Å². The Morgan fingerprint density at radius 3 is 1.62 bits per heavy atom. The van der Waals surface area contributed by atoms with E-state index in [2.05, 4.69) is 26.1 Å². The van der Waals surface area contributed by atoms with Gasteiger partial charge >= 0.3 is 0 Å². The number of nitrogens with one attached hydrogen (secondary N) is 1. The first kappa shape index (κ1) is 21.8. The molecule has 2 rings (SSSR count). The van der Waals surface area contributed by atoms with E-state index in [0.717, 1.165) is 0 Å². The predicted molar refractivity (Wildman–Crippen MR) is 109 cm³/mol. The topological polar surface area (TPSA) is 46.2 Å². The van der Waals surface area contributed by atoms with Crippen molar-refractivity contribution in [2.75, 3.05) is 6.54 Å². The summed E-state index contributed by atoms with van der Waals surface area (Å²) in [5, 5.41) is 3.40. The monoisotopic (exact) mass is 353 g/mol. The third-order valence-electron chi connectivity index (χ3n) is 3.86. The van der Waals surface area contributed by atoms with Crippen LogP contribution in [0.2, 0.25) is 0 Å². The maximum atomic E-state index is 11.8. The van der Waals surface area contributed by atoms with Crippen LogP contribution in [-0.2, 0) is 0 Å². The van der Waals surface area contributed by atoms with Crippen molar-refractivity contribution in [1.29, 1.82) is 0 Å². The van der Waals surface area contributed by atoms with Crippen LogP contribution in [0.15, 0.2) is 60.7 Å². The molecular formula is C23H31NO2.